The van der Waals surface area contributed by atoms with Gasteiger partial charge < -0.3 is 53.2 Å². The maximum absolute atomic E-state index is 15.2. The van der Waals surface area contributed by atoms with Crippen LogP contribution in [0.1, 0.15) is 134 Å². The summed E-state index contributed by atoms with van der Waals surface area (Å²) in [6.07, 6.45) is 2.47. The Kier molecular flexibility index (Phi) is 22.4. The van der Waals surface area contributed by atoms with Gasteiger partial charge in [-0.1, -0.05) is 131 Å². The van der Waals surface area contributed by atoms with Crippen LogP contribution >= 0.6 is 21.6 Å². The van der Waals surface area contributed by atoms with Crippen LogP contribution in [0, 0.1) is 0 Å². The number of benzene rings is 6. The van der Waals surface area contributed by atoms with Gasteiger partial charge in [-0.25, -0.2) is 0 Å². The zero-order valence-electron chi connectivity index (χ0n) is 51.4. The first-order valence-electron chi connectivity index (χ1n) is 31.3. The highest BCUT2D eigenvalue weighted by Crippen LogP contribution is 2.32. The van der Waals surface area contributed by atoms with E-state index in [0.29, 0.717) is 38.8 Å². The fraction of sp³-hybridized carbons (Fsp3) is 0.314. The molecule has 0 aromatic heterocycles. The van der Waals surface area contributed by atoms with Crippen LogP contribution in [0.25, 0.3) is 0 Å². The summed E-state index contributed by atoms with van der Waals surface area (Å²) < 4.78 is 0. The van der Waals surface area contributed by atoms with Crippen LogP contribution in [0.3, 0.4) is 0 Å². The van der Waals surface area contributed by atoms with E-state index in [1.807, 2.05) is 60.7 Å². The van der Waals surface area contributed by atoms with Crippen LogP contribution in [-0.2, 0) is 41.6 Å². The summed E-state index contributed by atoms with van der Waals surface area (Å²) in [7, 11) is 2.09. The highest BCUT2D eigenvalue weighted by molar-refractivity contribution is 8.76. The summed E-state index contributed by atoms with van der Waals surface area (Å²) in [4.78, 5) is 173. The Morgan fingerprint density at radius 3 is 1.13 bits per heavy atom. The van der Waals surface area contributed by atoms with Crippen molar-refractivity contribution in [3.8, 4) is 0 Å². The van der Waals surface area contributed by atoms with E-state index in [4.69, 9.17) is 11.5 Å². The monoisotopic (exact) mass is 1310 g/mol. The number of carbonyl (C=O) groups is 12. The number of hydrogen-bond acceptors (Lipinski definition) is 16. The highest BCUT2D eigenvalue weighted by Gasteiger charge is 2.42. The molecule has 0 saturated carbocycles. The number of nitrogens with one attached hydrogen (secondary N) is 6. The standard InChI is InChI=1S/C70H72N10O12S2/c71-29-13-31-73-65(87)53(35-41-15-3-1-4-16-41)75-67(89)57-23-11-33-79(57)69(91)55(77-63(85)43-25-27-49-51(37-43)61(83)47-21-9-7-19-45(47)59(49)81)39-93-94-40-56(78-64(86)44-26-28-50-52(38-44)62(84)48-22-10-8-20-46(48)60(50)82)70(92)80-34-12-24-58(80)68(90)76-54(66(88)74-32-14-30-72)36-42-17-5-2-6-18-42/h1-10,15-22,25-28,37-38,53-58H,11-14,23-24,29-36,39-40,71-72H2,(H,73,87)(H,74,88)(H,75,89)(H,76,90)(H,77,85)(H,78,86)/t53-,54-,55-,56-,57-,58-/m0/s1. The smallest absolute Gasteiger partial charge is 0.251 e. The molecule has 0 unspecified atom stereocenters. The Morgan fingerprint density at radius 1 is 0.426 bits per heavy atom. The summed E-state index contributed by atoms with van der Waals surface area (Å²) in [5, 5.41) is 17.1. The predicted octanol–water partition coefficient (Wildman–Crippen LogP) is 3.88. The van der Waals surface area contributed by atoms with E-state index < -0.39 is 107 Å². The Balaban J connectivity index is 0.914. The second kappa shape index (κ2) is 31.3. The fourth-order valence-corrected chi connectivity index (χ4v) is 14.4. The molecule has 24 heteroatoms. The zero-order chi connectivity index (χ0) is 66.4. The van der Waals surface area contributed by atoms with Crippen LogP contribution in [0.4, 0.5) is 0 Å². The molecule has 6 aromatic carbocycles. The van der Waals surface area contributed by atoms with Gasteiger partial charge in [0, 0.05) is 106 Å². The number of rotatable bonds is 27. The first kappa shape index (κ1) is 67.3. The summed E-state index contributed by atoms with van der Waals surface area (Å²) in [5.41, 5.74) is 13.8. The summed E-state index contributed by atoms with van der Waals surface area (Å²) in [6.45, 7) is 1.38. The Hall–Kier alpha value is -9.62. The average Bonchev–Trinajstić information content (AvgIpc) is 0.844. The van der Waals surface area contributed by atoms with E-state index in [1.165, 1.54) is 58.3 Å². The van der Waals surface area contributed by atoms with Gasteiger partial charge in [0.05, 0.1) is 0 Å². The molecular weight excluding hydrogens is 1240 g/mol. The SMILES string of the molecule is NCCCNC(=O)[C@H](Cc1ccccc1)NC(=O)[C@@H]1CCCN1C(=O)[C@H](CSSC[C@H](NC(=O)c1ccc2c(c1)C(=O)c1ccccc1C2=O)C(=O)N1CCC[C@H]1C(=O)N[C@@H](Cc1ccccc1)C(=O)NCCCN)NC(=O)c1ccc2c(c1)C(=O)c1ccccc1C2=O. The molecule has 6 aromatic rings. The molecule has 4 aliphatic rings. The van der Waals surface area contributed by atoms with E-state index in [0.717, 1.165) is 32.7 Å². The summed E-state index contributed by atoms with van der Waals surface area (Å²) in [6, 6.07) is 31.9. The zero-order valence-corrected chi connectivity index (χ0v) is 53.0. The van der Waals surface area contributed by atoms with E-state index in [1.54, 1.807) is 36.4 Å². The number of hydrogen-bond donors (Lipinski definition) is 8. The minimum atomic E-state index is -1.40. The van der Waals surface area contributed by atoms with E-state index in [9.17, 15) is 47.9 Å². The van der Waals surface area contributed by atoms with E-state index in [2.05, 4.69) is 31.9 Å². The Labute approximate surface area is 550 Å². The second-order valence-electron chi connectivity index (χ2n) is 23.3. The number of amides is 8. The number of likely N-dealkylation sites (tertiary alicyclic amines) is 2. The number of carbonyl (C=O) groups excluding carboxylic acids is 12. The van der Waals surface area contributed by atoms with Crippen LogP contribution in [0.5, 0.6) is 0 Å². The largest absolute Gasteiger partial charge is 0.354 e. The molecule has 6 atom stereocenters. The molecule has 2 aliphatic heterocycles. The third-order valence-electron chi connectivity index (χ3n) is 17.0. The van der Waals surface area contributed by atoms with Crippen molar-refractivity contribution in [2.75, 3.05) is 50.8 Å². The van der Waals surface area contributed by atoms with Crippen LogP contribution in [0.15, 0.2) is 146 Å². The van der Waals surface area contributed by atoms with E-state index >= 15 is 9.59 Å². The van der Waals surface area contributed by atoms with Crippen molar-refractivity contribution in [1.29, 1.82) is 0 Å². The molecule has 8 amide bonds. The summed E-state index contributed by atoms with van der Waals surface area (Å²) >= 11 is 0. The van der Waals surface area contributed by atoms with Crippen molar-refractivity contribution < 1.29 is 57.5 Å². The third-order valence-corrected chi connectivity index (χ3v) is 19.4. The van der Waals surface area contributed by atoms with E-state index in [-0.39, 0.29) is 119 Å². The lowest BCUT2D eigenvalue weighted by Gasteiger charge is -2.30. The normalized spacial score (nSPS) is 16.7. The lowest BCUT2D eigenvalue weighted by molar-refractivity contribution is -0.140. The molecule has 0 bridgehead atoms. The molecule has 22 nitrogen and oxygen atoms in total. The molecular formula is C70H72N10O12S2. The number of ketones is 4. The van der Waals surface area contributed by atoms with Gasteiger partial charge in [0.2, 0.25) is 35.4 Å². The van der Waals surface area contributed by atoms with Crippen molar-refractivity contribution >= 4 is 92.0 Å². The van der Waals surface area contributed by atoms with Gasteiger partial charge >= 0.3 is 0 Å². The lowest BCUT2D eigenvalue weighted by Crippen LogP contribution is -2.57. The first-order chi connectivity index (χ1) is 45.5. The van der Waals surface area contributed by atoms with Gasteiger partial charge in [-0.15, -0.1) is 0 Å². The van der Waals surface area contributed by atoms with Crippen LogP contribution in [-0.4, -0.2) is 167 Å². The molecule has 2 saturated heterocycles. The van der Waals surface area contributed by atoms with Gasteiger partial charge in [-0.2, -0.15) is 0 Å². The van der Waals surface area contributed by atoms with Crippen molar-refractivity contribution in [3.05, 3.63) is 212 Å². The number of nitrogens with two attached hydrogens (primary N) is 2. The maximum atomic E-state index is 15.2. The van der Waals surface area contributed by atoms with Gasteiger partial charge in [0.1, 0.15) is 36.3 Å². The van der Waals surface area contributed by atoms with Crippen LogP contribution < -0.4 is 43.4 Å². The molecule has 10 rings (SSSR count). The minimum Gasteiger partial charge on any atom is -0.354 e. The van der Waals surface area contributed by atoms with Gasteiger partial charge in [0.25, 0.3) is 11.8 Å². The van der Waals surface area contributed by atoms with Crippen molar-refractivity contribution in [2.45, 2.75) is 87.6 Å². The molecule has 0 spiro atoms. The number of fused-ring (bicyclic) bond motifs is 4. The molecule has 2 heterocycles. The minimum absolute atomic E-state index is 0.00957. The molecule has 94 heavy (non-hydrogen) atoms. The van der Waals surface area contributed by atoms with Gasteiger partial charge in [0.15, 0.2) is 23.1 Å². The van der Waals surface area contributed by atoms with Gasteiger partial charge in [-0.3, -0.25) is 57.5 Å². The summed E-state index contributed by atoms with van der Waals surface area (Å²) in [5.74, 6) is -7.21. The Morgan fingerprint density at radius 2 is 0.766 bits per heavy atom. The Bertz CT molecular complexity index is 3680. The quantitative estimate of drug-likeness (QED) is 0.0267. The lowest BCUT2D eigenvalue weighted by atomic mass is 9.83. The topological polar surface area (TPSA) is 336 Å². The molecule has 0 radical (unpaired) electrons. The average molecular weight is 1310 g/mol. The highest BCUT2D eigenvalue weighted by atomic mass is 33.1. The van der Waals surface area contributed by atoms with Crippen molar-refractivity contribution in [1.82, 2.24) is 41.7 Å². The third kappa shape index (κ3) is 15.5. The molecule has 2 aliphatic carbocycles. The van der Waals surface area contributed by atoms with Gasteiger partial charge in [-0.05, 0) is 99.1 Å². The molecule has 10 N–H and O–H groups in total. The fourth-order valence-electron chi connectivity index (χ4n) is 12.1. The number of nitrogens with zero attached hydrogens (tertiary/aromatic N) is 2. The second-order valence-corrected chi connectivity index (χ2v) is 25.8. The molecule has 2 fully saturated rings. The predicted molar refractivity (Wildman–Crippen MR) is 354 cm³/mol. The van der Waals surface area contributed by atoms with Crippen molar-refractivity contribution in [2.24, 2.45) is 11.5 Å². The molecule has 486 valence electrons. The first-order valence-corrected chi connectivity index (χ1v) is 33.8. The van der Waals surface area contributed by atoms with Crippen molar-refractivity contribution in [3.63, 3.8) is 0 Å². The maximum Gasteiger partial charge on any atom is 0.251 e. The van der Waals surface area contributed by atoms with Crippen LogP contribution in [0.2, 0.25) is 0 Å².